The van der Waals surface area contributed by atoms with Crippen LogP contribution in [-0.4, -0.2) is 47.7 Å². The van der Waals surface area contributed by atoms with Crippen molar-refractivity contribution in [3.05, 3.63) is 60.4 Å². The fourth-order valence-corrected chi connectivity index (χ4v) is 5.23. The number of aromatic amines is 2. The molecule has 1 aliphatic heterocycles. The van der Waals surface area contributed by atoms with E-state index in [9.17, 15) is 0 Å². The average Bonchev–Trinajstić information content (AvgIpc) is 3.37. The molecule has 2 aliphatic rings. The van der Waals surface area contributed by atoms with E-state index in [2.05, 4.69) is 57.5 Å². The number of piperidine rings is 1. The summed E-state index contributed by atoms with van der Waals surface area (Å²) in [5, 5.41) is 2.47. The number of fused-ring (bicyclic) bond motifs is 2. The number of hydrogen-bond acceptors (Lipinski definition) is 3. The van der Waals surface area contributed by atoms with Gasteiger partial charge in [-0.15, -0.1) is 0 Å². The van der Waals surface area contributed by atoms with Gasteiger partial charge in [0, 0.05) is 40.7 Å². The molecule has 6 rings (SSSR count). The third kappa shape index (κ3) is 4.47. The second-order valence-corrected chi connectivity index (χ2v) is 9.69. The van der Waals surface area contributed by atoms with Gasteiger partial charge in [-0.3, -0.25) is 0 Å². The third-order valence-corrected chi connectivity index (χ3v) is 7.33. The fourth-order valence-electron chi connectivity index (χ4n) is 5.23. The number of ether oxygens (including phenoxy) is 2. The highest BCUT2D eigenvalue weighted by Crippen LogP contribution is 2.39. The number of rotatable bonds is 9. The minimum atomic E-state index is 0.600. The Kier molecular flexibility index (Phi) is 5.73. The van der Waals surface area contributed by atoms with Gasteiger partial charge < -0.3 is 24.3 Å². The summed E-state index contributed by atoms with van der Waals surface area (Å²) in [5.74, 6) is 3.41. The van der Waals surface area contributed by atoms with E-state index in [0.717, 1.165) is 67.6 Å². The predicted molar refractivity (Wildman–Crippen MR) is 133 cm³/mol. The van der Waals surface area contributed by atoms with E-state index in [1.807, 2.05) is 12.3 Å². The van der Waals surface area contributed by atoms with Crippen molar-refractivity contribution in [3.63, 3.8) is 0 Å². The molecule has 33 heavy (non-hydrogen) atoms. The van der Waals surface area contributed by atoms with Crippen LogP contribution in [0.5, 0.6) is 11.5 Å². The lowest BCUT2D eigenvalue weighted by molar-refractivity contribution is 0.193. The van der Waals surface area contributed by atoms with Gasteiger partial charge in [-0.1, -0.05) is 12.1 Å². The molecule has 2 aromatic heterocycles. The largest absolute Gasteiger partial charge is 0.493 e. The standard InChI is InChI=1S/C28H33N3O2/c1-4-24-22(10-13-29-24)26(6-1)32-17-3-14-31-15-11-21(12-16-31)23-18-30-25-5-2-7-27(28(23)25)33-19-20-8-9-20/h1-2,4-7,10,13,18,20-21,29-30H,3,8-9,11-12,14-17,19H2. The number of benzene rings is 2. The van der Waals surface area contributed by atoms with E-state index in [4.69, 9.17) is 9.47 Å². The molecule has 2 fully saturated rings. The van der Waals surface area contributed by atoms with Gasteiger partial charge in [-0.2, -0.15) is 0 Å². The molecule has 0 atom stereocenters. The van der Waals surface area contributed by atoms with Crippen molar-refractivity contribution in [2.75, 3.05) is 32.8 Å². The molecule has 0 bridgehead atoms. The highest BCUT2D eigenvalue weighted by atomic mass is 16.5. The Labute approximate surface area is 195 Å². The van der Waals surface area contributed by atoms with Gasteiger partial charge >= 0.3 is 0 Å². The van der Waals surface area contributed by atoms with Gasteiger partial charge in [0.15, 0.2) is 0 Å². The first kappa shape index (κ1) is 20.7. The Bertz CT molecular complexity index is 1210. The SMILES string of the molecule is c1cc(OCCCN2CCC(c3c[nH]c4cccc(OCC5CC5)c34)CC2)c2cc[nH]c2c1. The summed E-state index contributed by atoms with van der Waals surface area (Å²) < 4.78 is 12.3. The van der Waals surface area contributed by atoms with Gasteiger partial charge in [-0.05, 0) is 92.9 Å². The summed E-state index contributed by atoms with van der Waals surface area (Å²) in [5.41, 5.74) is 3.78. The lowest BCUT2D eigenvalue weighted by Crippen LogP contribution is -2.34. The van der Waals surface area contributed by atoms with Crippen LogP contribution in [0, 0.1) is 5.92 Å². The highest BCUT2D eigenvalue weighted by molar-refractivity contribution is 5.90. The molecule has 1 saturated heterocycles. The first-order chi connectivity index (χ1) is 16.3. The van der Waals surface area contributed by atoms with Gasteiger partial charge in [-0.25, -0.2) is 0 Å². The van der Waals surface area contributed by atoms with E-state index in [1.165, 1.54) is 42.1 Å². The van der Waals surface area contributed by atoms with Crippen molar-refractivity contribution in [2.24, 2.45) is 5.92 Å². The van der Waals surface area contributed by atoms with Crippen molar-refractivity contribution in [1.29, 1.82) is 0 Å². The predicted octanol–water partition coefficient (Wildman–Crippen LogP) is 6.09. The monoisotopic (exact) mass is 443 g/mol. The fraction of sp³-hybridized carbons (Fsp3) is 0.429. The zero-order valence-electron chi connectivity index (χ0n) is 19.2. The second-order valence-electron chi connectivity index (χ2n) is 9.69. The molecule has 5 nitrogen and oxygen atoms in total. The molecule has 2 N–H and O–H groups in total. The van der Waals surface area contributed by atoms with Crippen molar-refractivity contribution in [3.8, 4) is 11.5 Å². The Morgan fingerprint density at radius 3 is 2.52 bits per heavy atom. The van der Waals surface area contributed by atoms with Crippen molar-refractivity contribution < 1.29 is 9.47 Å². The Hall–Kier alpha value is -2.92. The minimum Gasteiger partial charge on any atom is -0.493 e. The first-order valence-corrected chi connectivity index (χ1v) is 12.5. The van der Waals surface area contributed by atoms with E-state index < -0.39 is 0 Å². The molecular weight excluding hydrogens is 410 g/mol. The van der Waals surface area contributed by atoms with Crippen LogP contribution in [0.4, 0.5) is 0 Å². The van der Waals surface area contributed by atoms with Gasteiger partial charge in [0.25, 0.3) is 0 Å². The number of nitrogens with one attached hydrogen (secondary N) is 2. The molecule has 1 aliphatic carbocycles. The van der Waals surface area contributed by atoms with E-state index in [1.54, 1.807) is 0 Å². The molecule has 2 aromatic carbocycles. The number of H-pyrrole nitrogens is 2. The van der Waals surface area contributed by atoms with Crippen LogP contribution in [0.2, 0.25) is 0 Å². The summed E-state index contributed by atoms with van der Waals surface area (Å²) in [6, 6.07) is 14.7. The normalized spacial score (nSPS) is 17.7. The van der Waals surface area contributed by atoms with E-state index >= 15 is 0 Å². The maximum absolute atomic E-state index is 6.23. The van der Waals surface area contributed by atoms with Crippen LogP contribution in [0.15, 0.2) is 54.9 Å². The molecule has 172 valence electrons. The smallest absolute Gasteiger partial charge is 0.128 e. The van der Waals surface area contributed by atoms with Crippen molar-refractivity contribution >= 4 is 21.8 Å². The molecule has 0 amide bonds. The summed E-state index contributed by atoms with van der Waals surface area (Å²) in [6.45, 7) is 5.02. The van der Waals surface area contributed by atoms with Crippen molar-refractivity contribution in [1.82, 2.24) is 14.9 Å². The van der Waals surface area contributed by atoms with Gasteiger partial charge in [0.1, 0.15) is 11.5 Å². The Balaban J connectivity index is 1.02. The zero-order valence-corrected chi connectivity index (χ0v) is 19.2. The van der Waals surface area contributed by atoms with Crippen LogP contribution < -0.4 is 9.47 Å². The van der Waals surface area contributed by atoms with E-state index in [0.29, 0.717) is 5.92 Å². The minimum absolute atomic E-state index is 0.600. The summed E-state index contributed by atoms with van der Waals surface area (Å²) >= 11 is 0. The quantitative estimate of drug-likeness (QED) is 0.308. The maximum atomic E-state index is 6.23. The topological polar surface area (TPSA) is 53.3 Å². The summed E-state index contributed by atoms with van der Waals surface area (Å²) in [4.78, 5) is 9.34. The highest BCUT2D eigenvalue weighted by Gasteiger charge is 2.25. The van der Waals surface area contributed by atoms with Crippen LogP contribution in [0.3, 0.4) is 0 Å². The maximum Gasteiger partial charge on any atom is 0.128 e. The van der Waals surface area contributed by atoms with Crippen LogP contribution in [0.25, 0.3) is 21.8 Å². The van der Waals surface area contributed by atoms with Crippen LogP contribution in [-0.2, 0) is 0 Å². The molecule has 0 radical (unpaired) electrons. The van der Waals surface area contributed by atoms with Crippen LogP contribution in [0.1, 0.15) is 43.6 Å². The number of hydrogen-bond donors (Lipinski definition) is 2. The Morgan fingerprint density at radius 1 is 0.848 bits per heavy atom. The summed E-state index contributed by atoms with van der Waals surface area (Å²) in [6.07, 6.45) is 10.3. The second kappa shape index (κ2) is 9.14. The molecule has 1 saturated carbocycles. The molecule has 4 aromatic rings. The number of aromatic nitrogens is 2. The number of likely N-dealkylation sites (tertiary alicyclic amines) is 1. The lowest BCUT2D eigenvalue weighted by Gasteiger charge is -2.32. The Morgan fingerprint density at radius 2 is 1.67 bits per heavy atom. The van der Waals surface area contributed by atoms with Crippen molar-refractivity contribution in [2.45, 2.75) is 38.0 Å². The lowest BCUT2D eigenvalue weighted by atomic mass is 9.89. The molecule has 0 unspecified atom stereocenters. The first-order valence-electron chi connectivity index (χ1n) is 12.5. The van der Waals surface area contributed by atoms with Crippen LogP contribution >= 0.6 is 0 Å². The number of nitrogens with zero attached hydrogens (tertiary/aromatic N) is 1. The van der Waals surface area contributed by atoms with Gasteiger partial charge in [0.05, 0.1) is 13.2 Å². The third-order valence-electron chi connectivity index (χ3n) is 7.33. The zero-order chi connectivity index (χ0) is 22.0. The molecule has 3 heterocycles. The van der Waals surface area contributed by atoms with E-state index in [-0.39, 0.29) is 0 Å². The van der Waals surface area contributed by atoms with Gasteiger partial charge in [0.2, 0.25) is 0 Å². The average molecular weight is 444 g/mol. The molecule has 0 spiro atoms. The summed E-state index contributed by atoms with van der Waals surface area (Å²) in [7, 11) is 0. The molecule has 5 heteroatoms. The molecular formula is C28H33N3O2.